The summed E-state index contributed by atoms with van der Waals surface area (Å²) in [6.07, 6.45) is 1.65. The molecule has 0 aliphatic heterocycles. The lowest BCUT2D eigenvalue weighted by molar-refractivity contribution is 0.488. The van der Waals surface area contributed by atoms with E-state index in [1.165, 1.54) is 24.1 Å². The Balaban J connectivity index is 2.24. The Kier molecular flexibility index (Phi) is 4.53. The zero-order chi connectivity index (χ0) is 15.5. The van der Waals surface area contributed by atoms with Crippen LogP contribution in [0.15, 0.2) is 49.5 Å². The lowest BCUT2D eigenvalue weighted by atomic mass is 10.1. The third-order valence-corrected chi connectivity index (χ3v) is 4.20. The summed E-state index contributed by atoms with van der Waals surface area (Å²) >= 11 is 2.39. The predicted molar refractivity (Wildman–Crippen MR) is 85.8 cm³/mol. The van der Waals surface area contributed by atoms with Crippen LogP contribution in [0, 0.1) is 0 Å². The minimum Gasteiger partial charge on any atom is -0.422 e. The number of benzene rings is 1. The Morgan fingerprint density at radius 2 is 2.00 bits per heavy atom. The number of rotatable bonds is 5. The monoisotopic (exact) mass is 336 g/mol. The molecule has 0 aliphatic rings. The van der Waals surface area contributed by atoms with Gasteiger partial charge in [0, 0.05) is 45.5 Å². The van der Waals surface area contributed by atoms with Crippen LogP contribution in [0.3, 0.4) is 0 Å². The highest BCUT2D eigenvalue weighted by Crippen LogP contribution is 2.34. The fourth-order valence-corrected chi connectivity index (χ4v) is 3.25. The first-order valence-electron chi connectivity index (χ1n) is 6.26. The van der Waals surface area contributed by atoms with Crippen molar-refractivity contribution in [3.8, 4) is 11.3 Å². The van der Waals surface area contributed by atoms with Crippen LogP contribution >= 0.6 is 24.1 Å². The van der Waals surface area contributed by atoms with Gasteiger partial charge in [0.25, 0.3) is 0 Å². The van der Waals surface area contributed by atoms with Gasteiger partial charge in [0.05, 0.1) is 25.5 Å². The molecule has 0 fully saturated rings. The quantitative estimate of drug-likeness (QED) is 0.564. The summed E-state index contributed by atoms with van der Waals surface area (Å²) in [6, 6.07) is 7.16. The van der Waals surface area contributed by atoms with Gasteiger partial charge in [-0.2, -0.15) is 5.10 Å². The third kappa shape index (κ3) is 2.91. The van der Waals surface area contributed by atoms with Gasteiger partial charge in [-0.15, -0.1) is 0 Å². The van der Waals surface area contributed by atoms with E-state index in [4.69, 9.17) is 12.8 Å². The highest BCUT2D eigenvalue weighted by atomic mass is 32.2. The summed E-state index contributed by atoms with van der Waals surface area (Å²) in [7, 11) is 3.16. The number of hydrogen-bond donors (Lipinski definition) is 1. The van der Waals surface area contributed by atoms with Crippen LogP contribution in [-0.2, 0) is 8.37 Å². The van der Waals surface area contributed by atoms with Crippen LogP contribution in [0.2, 0.25) is 0 Å². The summed E-state index contributed by atoms with van der Waals surface area (Å²) in [5.74, 6) is 0. The van der Waals surface area contributed by atoms with Crippen molar-refractivity contribution in [2.24, 2.45) is 0 Å². The topological polar surface area (TPSA) is 77.4 Å². The SMILES string of the molecule is COSc1cc(SOC)c2cc(-c3cc[nH]n3)c(=O)oc2c1. The Labute approximate surface area is 134 Å². The smallest absolute Gasteiger partial charge is 0.345 e. The average Bonchev–Trinajstić information content (AvgIpc) is 3.01. The molecule has 0 bridgehead atoms. The Morgan fingerprint density at radius 3 is 2.68 bits per heavy atom. The van der Waals surface area contributed by atoms with Crippen LogP contribution in [0.5, 0.6) is 0 Å². The van der Waals surface area contributed by atoms with E-state index in [2.05, 4.69) is 10.2 Å². The van der Waals surface area contributed by atoms with E-state index in [-0.39, 0.29) is 0 Å². The highest BCUT2D eigenvalue weighted by molar-refractivity contribution is 7.95. The van der Waals surface area contributed by atoms with Crippen LogP contribution < -0.4 is 5.63 Å². The van der Waals surface area contributed by atoms with E-state index in [1.807, 2.05) is 6.07 Å². The molecule has 0 amide bonds. The zero-order valence-corrected chi connectivity index (χ0v) is 13.4. The maximum absolute atomic E-state index is 12.2. The fraction of sp³-hybridized carbons (Fsp3) is 0.143. The lowest BCUT2D eigenvalue weighted by Gasteiger charge is -2.07. The molecular formula is C14H12N2O4S2. The number of aromatic amines is 1. The van der Waals surface area contributed by atoms with Gasteiger partial charge in [0.2, 0.25) is 0 Å². The van der Waals surface area contributed by atoms with E-state index in [0.717, 1.165) is 15.2 Å². The Bertz CT molecular complexity index is 846. The van der Waals surface area contributed by atoms with Gasteiger partial charge in [-0.3, -0.25) is 5.10 Å². The second kappa shape index (κ2) is 6.57. The highest BCUT2D eigenvalue weighted by Gasteiger charge is 2.14. The maximum Gasteiger partial charge on any atom is 0.345 e. The molecule has 3 aromatic rings. The van der Waals surface area contributed by atoms with Crippen molar-refractivity contribution in [2.75, 3.05) is 14.2 Å². The van der Waals surface area contributed by atoms with Gasteiger partial charge >= 0.3 is 5.63 Å². The lowest BCUT2D eigenvalue weighted by Crippen LogP contribution is -2.03. The van der Waals surface area contributed by atoms with Crippen molar-refractivity contribution in [1.82, 2.24) is 10.2 Å². The summed E-state index contributed by atoms with van der Waals surface area (Å²) in [4.78, 5) is 13.8. The molecule has 3 rings (SSSR count). The van der Waals surface area contributed by atoms with Crippen molar-refractivity contribution in [3.63, 3.8) is 0 Å². The van der Waals surface area contributed by atoms with Gasteiger partial charge in [-0.25, -0.2) is 4.79 Å². The minimum atomic E-state index is -0.437. The summed E-state index contributed by atoms with van der Waals surface area (Å²) in [5.41, 5.74) is 0.983. The number of H-pyrrole nitrogens is 1. The largest absolute Gasteiger partial charge is 0.422 e. The molecule has 2 heterocycles. The number of hydrogen-bond acceptors (Lipinski definition) is 7. The van der Waals surface area contributed by atoms with E-state index in [9.17, 15) is 4.79 Å². The van der Waals surface area contributed by atoms with Gasteiger partial charge in [0.1, 0.15) is 5.58 Å². The van der Waals surface area contributed by atoms with Gasteiger partial charge in [0.15, 0.2) is 0 Å². The molecule has 22 heavy (non-hydrogen) atoms. The van der Waals surface area contributed by atoms with Crippen molar-refractivity contribution >= 4 is 35.1 Å². The molecule has 8 heteroatoms. The van der Waals surface area contributed by atoms with Crippen LogP contribution in [0.25, 0.3) is 22.2 Å². The number of aromatic nitrogens is 2. The Morgan fingerprint density at radius 1 is 1.18 bits per heavy atom. The normalized spacial score (nSPS) is 11.2. The molecule has 0 atom stereocenters. The van der Waals surface area contributed by atoms with E-state index in [0.29, 0.717) is 16.8 Å². The predicted octanol–water partition coefficient (Wildman–Crippen LogP) is 3.49. The molecule has 0 saturated heterocycles. The number of nitrogens with one attached hydrogen (secondary N) is 1. The molecule has 1 N–H and O–H groups in total. The van der Waals surface area contributed by atoms with E-state index < -0.39 is 5.63 Å². The summed E-state index contributed by atoms with van der Waals surface area (Å²) in [6.45, 7) is 0. The van der Waals surface area contributed by atoms with Gasteiger partial charge in [-0.1, -0.05) is 0 Å². The summed E-state index contributed by atoms with van der Waals surface area (Å²) in [5, 5.41) is 7.50. The number of fused-ring (bicyclic) bond motifs is 1. The minimum absolute atomic E-state index is 0.402. The van der Waals surface area contributed by atoms with Crippen LogP contribution in [-0.4, -0.2) is 24.4 Å². The molecular weight excluding hydrogens is 324 g/mol. The molecule has 6 nitrogen and oxygen atoms in total. The van der Waals surface area contributed by atoms with E-state index in [1.54, 1.807) is 38.6 Å². The molecule has 0 saturated carbocycles. The van der Waals surface area contributed by atoms with Gasteiger partial charge in [-0.05, 0) is 24.3 Å². The first kappa shape index (κ1) is 15.2. The molecule has 114 valence electrons. The van der Waals surface area contributed by atoms with Crippen molar-refractivity contribution in [1.29, 1.82) is 0 Å². The zero-order valence-electron chi connectivity index (χ0n) is 11.8. The number of nitrogens with zero attached hydrogens (tertiary/aromatic N) is 1. The Hall–Kier alpha value is -1.74. The molecule has 0 unspecified atom stereocenters. The molecule has 1 aromatic carbocycles. The fourth-order valence-electron chi connectivity index (χ4n) is 2.05. The first-order valence-corrected chi connectivity index (χ1v) is 7.74. The maximum atomic E-state index is 12.2. The van der Waals surface area contributed by atoms with Crippen molar-refractivity contribution in [2.45, 2.75) is 9.79 Å². The van der Waals surface area contributed by atoms with Crippen molar-refractivity contribution in [3.05, 3.63) is 40.9 Å². The first-order chi connectivity index (χ1) is 10.7. The average molecular weight is 336 g/mol. The molecule has 2 aromatic heterocycles. The van der Waals surface area contributed by atoms with Crippen molar-refractivity contribution < 1.29 is 12.8 Å². The standard InChI is InChI=1S/C14H12N2O4S2/c1-18-21-8-5-12-10(13(6-8)22-19-2)7-9(14(17)20-12)11-3-4-15-16-11/h3-7H,1-2H3,(H,15,16). The second-order valence-corrected chi connectivity index (χ2v) is 6.15. The molecule has 0 radical (unpaired) electrons. The van der Waals surface area contributed by atoms with Gasteiger partial charge < -0.3 is 12.8 Å². The third-order valence-electron chi connectivity index (χ3n) is 2.92. The molecule has 0 aliphatic carbocycles. The summed E-state index contributed by atoms with van der Waals surface area (Å²) < 4.78 is 15.7. The second-order valence-electron chi connectivity index (χ2n) is 4.24. The van der Waals surface area contributed by atoms with Crippen LogP contribution in [0.1, 0.15) is 0 Å². The van der Waals surface area contributed by atoms with Crippen LogP contribution in [0.4, 0.5) is 0 Å². The van der Waals surface area contributed by atoms with E-state index >= 15 is 0 Å². The molecule has 0 spiro atoms.